The van der Waals surface area contributed by atoms with Crippen LogP contribution in [0.25, 0.3) is 22.6 Å². The summed E-state index contributed by atoms with van der Waals surface area (Å²) in [7, 11) is 1.57. The van der Waals surface area contributed by atoms with Gasteiger partial charge < -0.3 is 23.9 Å². The molecule has 9 heteroatoms. The number of hydrogen-bond donors (Lipinski definition) is 1. The van der Waals surface area contributed by atoms with E-state index < -0.39 is 0 Å². The van der Waals surface area contributed by atoms with Crippen molar-refractivity contribution in [2.24, 2.45) is 0 Å². The third kappa shape index (κ3) is 4.18. The molecule has 1 N–H and O–H groups in total. The van der Waals surface area contributed by atoms with Gasteiger partial charge in [0.2, 0.25) is 5.91 Å². The highest BCUT2D eigenvalue weighted by atomic mass is 16.5. The summed E-state index contributed by atoms with van der Waals surface area (Å²) in [5, 5.41) is 7.26. The molecule has 2 amide bonds. The van der Waals surface area contributed by atoms with Crippen LogP contribution in [0, 0.1) is 6.92 Å². The number of amides is 2. The Balaban J connectivity index is 1.60. The molecule has 32 heavy (non-hydrogen) atoms. The number of pyridine rings is 1. The van der Waals surface area contributed by atoms with Gasteiger partial charge in [0.15, 0.2) is 5.76 Å². The van der Waals surface area contributed by atoms with Gasteiger partial charge in [0, 0.05) is 12.2 Å². The molecule has 164 valence electrons. The molecule has 0 aliphatic carbocycles. The van der Waals surface area contributed by atoms with Gasteiger partial charge in [0.25, 0.3) is 11.6 Å². The number of rotatable bonds is 7. The van der Waals surface area contributed by atoms with Crippen molar-refractivity contribution in [1.82, 2.24) is 15.0 Å². The molecule has 0 bridgehead atoms. The second kappa shape index (κ2) is 8.93. The molecule has 0 radical (unpaired) electrons. The van der Waals surface area contributed by atoms with E-state index in [2.05, 4.69) is 15.5 Å². The van der Waals surface area contributed by atoms with Crippen LogP contribution in [0.5, 0.6) is 5.75 Å². The number of hydrogen-bond acceptors (Lipinski definition) is 7. The maximum Gasteiger partial charge on any atom is 0.259 e. The monoisotopic (exact) mass is 434 g/mol. The summed E-state index contributed by atoms with van der Waals surface area (Å²) in [5.41, 5.74) is 2.18. The lowest BCUT2D eigenvalue weighted by Gasteiger charge is -2.21. The van der Waals surface area contributed by atoms with Crippen molar-refractivity contribution >= 4 is 28.6 Å². The zero-order chi connectivity index (χ0) is 22.7. The number of nitrogens with one attached hydrogen (secondary N) is 1. The summed E-state index contributed by atoms with van der Waals surface area (Å²) in [5.74, 6) is 0.537. The molecule has 0 unspecified atom stereocenters. The average Bonchev–Trinajstić information content (AvgIpc) is 3.47. The number of likely N-dealkylation sites (N-methyl/N-ethyl adjacent to an activating group) is 1. The van der Waals surface area contributed by atoms with Gasteiger partial charge >= 0.3 is 0 Å². The highest BCUT2D eigenvalue weighted by Crippen LogP contribution is 2.28. The van der Waals surface area contributed by atoms with E-state index >= 15 is 0 Å². The van der Waals surface area contributed by atoms with Gasteiger partial charge in [-0.3, -0.25) is 9.59 Å². The molecule has 3 heterocycles. The Morgan fingerprint density at radius 3 is 2.62 bits per heavy atom. The van der Waals surface area contributed by atoms with Crippen LogP contribution in [0.3, 0.4) is 0 Å². The molecule has 0 spiro atoms. The van der Waals surface area contributed by atoms with Crippen LogP contribution in [-0.4, -0.2) is 47.1 Å². The molecule has 0 saturated heterocycles. The number of aryl methyl sites for hydroxylation is 1. The van der Waals surface area contributed by atoms with Crippen molar-refractivity contribution < 1.29 is 23.3 Å². The Morgan fingerprint density at radius 1 is 1.19 bits per heavy atom. The van der Waals surface area contributed by atoms with E-state index in [0.717, 1.165) is 0 Å². The molecule has 1 aromatic carbocycles. The summed E-state index contributed by atoms with van der Waals surface area (Å²) >= 11 is 0. The average molecular weight is 434 g/mol. The van der Waals surface area contributed by atoms with Gasteiger partial charge in [-0.25, -0.2) is 4.98 Å². The second-order valence-corrected chi connectivity index (χ2v) is 7.08. The van der Waals surface area contributed by atoms with Crippen LogP contribution in [0.2, 0.25) is 0 Å². The number of carbonyl (C=O) groups is 2. The number of furan rings is 1. The normalized spacial score (nSPS) is 10.8. The molecule has 0 saturated carbocycles. The predicted octanol–water partition coefficient (Wildman–Crippen LogP) is 3.90. The first-order chi connectivity index (χ1) is 15.5. The van der Waals surface area contributed by atoms with E-state index in [4.69, 9.17) is 13.7 Å². The second-order valence-electron chi connectivity index (χ2n) is 7.08. The minimum Gasteiger partial charge on any atom is -0.497 e. The standard InChI is InChI=1S/C23H22N4O5/c1-4-27(13-20(28)24-15-7-9-16(30-3)10-8-15)23(29)17-12-18(19-6-5-11-31-19)25-22-21(17)14(2)26-32-22/h5-12H,4,13H2,1-3H3,(H,24,28). The van der Waals surface area contributed by atoms with Crippen molar-refractivity contribution in [3.05, 3.63) is 60.0 Å². The minimum atomic E-state index is -0.330. The quantitative estimate of drug-likeness (QED) is 0.470. The van der Waals surface area contributed by atoms with Crippen molar-refractivity contribution in [2.45, 2.75) is 13.8 Å². The number of nitrogens with zero attached hydrogens (tertiary/aromatic N) is 3. The van der Waals surface area contributed by atoms with Gasteiger partial charge in [-0.2, -0.15) is 0 Å². The fourth-order valence-electron chi connectivity index (χ4n) is 3.36. The maximum absolute atomic E-state index is 13.4. The predicted molar refractivity (Wildman–Crippen MR) is 117 cm³/mol. The molecule has 4 rings (SSSR count). The minimum absolute atomic E-state index is 0.119. The van der Waals surface area contributed by atoms with Crippen molar-refractivity contribution in [3.63, 3.8) is 0 Å². The molecule has 4 aromatic rings. The van der Waals surface area contributed by atoms with Crippen molar-refractivity contribution in [1.29, 1.82) is 0 Å². The molecule has 9 nitrogen and oxygen atoms in total. The van der Waals surface area contributed by atoms with E-state index in [0.29, 0.717) is 46.1 Å². The number of aromatic nitrogens is 2. The van der Waals surface area contributed by atoms with Crippen molar-refractivity contribution in [3.8, 4) is 17.2 Å². The van der Waals surface area contributed by atoms with Crippen LogP contribution < -0.4 is 10.1 Å². The topological polar surface area (TPSA) is 111 Å². The lowest BCUT2D eigenvalue weighted by atomic mass is 10.1. The number of carbonyl (C=O) groups excluding carboxylic acids is 2. The summed E-state index contributed by atoms with van der Waals surface area (Å²) in [4.78, 5) is 31.9. The first-order valence-electron chi connectivity index (χ1n) is 10.0. The SMILES string of the molecule is CCN(CC(=O)Nc1ccc(OC)cc1)C(=O)c1cc(-c2ccco2)nc2onc(C)c12. The zero-order valence-electron chi connectivity index (χ0n) is 17.9. The first kappa shape index (κ1) is 21.1. The van der Waals surface area contributed by atoms with E-state index in [1.807, 2.05) is 6.92 Å². The van der Waals surface area contributed by atoms with Crippen molar-refractivity contribution in [2.75, 3.05) is 25.5 Å². The largest absolute Gasteiger partial charge is 0.497 e. The number of benzene rings is 1. The van der Waals surface area contributed by atoms with Gasteiger partial charge in [-0.15, -0.1) is 0 Å². The Labute approximate surface area is 184 Å². The summed E-state index contributed by atoms with van der Waals surface area (Å²) in [6.07, 6.45) is 1.52. The first-order valence-corrected chi connectivity index (χ1v) is 10.0. The van der Waals surface area contributed by atoms with E-state index in [9.17, 15) is 9.59 Å². The maximum atomic E-state index is 13.4. The number of fused-ring (bicyclic) bond motifs is 1. The number of methoxy groups -OCH3 is 1. The fraction of sp³-hybridized carbons (Fsp3) is 0.217. The van der Waals surface area contributed by atoms with Gasteiger partial charge in [-0.05, 0) is 56.3 Å². The highest BCUT2D eigenvalue weighted by molar-refractivity contribution is 6.08. The molecule has 0 aliphatic rings. The summed E-state index contributed by atoms with van der Waals surface area (Å²) in [6.45, 7) is 3.76. The van der Waals surface area contributed by atoms with E-state index in [1.165, 1.54) is 11.2 Å². The molecule has 0 fully saturated rings. The lowest BCUT2D eigenvalue weighted by Crippen LogP contribution is -2.38. The van der Waals surface area contributed by atoms with Crippen LogP contribution in [0.1, 0.15) is 23.0 Å². The Bertz CT molecular complexity index is 1250. The fourth-order valence-corrected chi connectivity index (χ4v) is 3.36. The molecular weight excluding hydrogens is 412 g/mol. The van der Waals surface area contributed by atoms with Gasteiger partial charge in [-0.1, -0.05) is 5.16 Å². The Kier molecular flexibility index (Phi) is 5.89. The van der Waals surface area contributed by atoms with E-state index in [1.54, 1.807) is 56.5 Å². The van der Waals surface area contributed by atoms with Crippen LogP contribution in [-0.2, 0) is 4.79 Å². The lowest BCUT2D eigenvalue weighted by molar-refractivity contribution is -0.116. The molecular formula is C23H22N4O5. The van der Waals surface area contributed by atoms with Crippen LogP contribution in [0.4, 0.5) is 5.69 Å². The van der Waals surface area contributed by atoms with E-state index in [-0.39, 0.29) is 24.1 Å². The summed E-state index contributed by atoms with van der Waals surface area (Å²) < 4.78 is 15.9. The van der Waals surface area contributed by atoms with Gasteiger partial charge in [0.1, 0.15) is 18.0 Å². The van der Waals surface area contributed by atoms with Crippen LogP contribution in [0.15, 0.2) is 57.7 Å². The third-order valence-corrected chi connectivity index (χ3v) is 5.00. The smallest absolute Gasteiger partial charge is 0.259 e. The number of ether oxygens (including phenoxy) is 1. The van der Waals surface area contributed by atoms with Gasteiger partial charge in [0.05, 0.1) is 30.0 Å². The third-order valence-electron chi connectivity index (χ3n) is 5.00. The highest BCUT2D eigenvalue weighted by Gasteiger charge is 2.24. The Hall–Kier alpha value is -4.14. The molecule has 0 atom stereocenters. The molecule has 0 aliphatic heterocycles. The Morgan fingerprint density at radius 2 is 1.97 bits per heavy atom. The van der Waals surface area contributed by atoms with Crippen LogP contribution >= 0.6 is 0 Å². The number of anilines is 1. The summed E-state index contributed by atoms with van der Waals surface area (Å²) in [6, 6.07) is 12.1. The molecule has 3 aromatic heterocycles. The zero-order valence-corrected chi connectivity index (χ0v) is 17.9.